The smallest absolute Gasteiger partial charge is 0.260 e. The molecule has 5 rings (SSSR count). The molecule has 9 nitrogen and oxygen atoms in total. The molecule has 1 N–H and O–H groups in total. The number of furan rings is 1. The van der Waals surface area contributed by atoms with Crippen molar-refractivity contribution in [3.63, 3.8) is 0 Å². The van der Waals surface area contributed by atoms with E-state index in [1.807, 2.05) is 16.3 Å². The van der Waals surface area contributed by atoms with Crippen LogP contribution < -0.4 is 10.2 Å². The fourth-order valence-corrected chi connectivity index (χ4v) is 5.13. The standard InChI is InChI=1S/C21H20N6O3S2/c1-13-15(2-8-30-13)19(29)25-21-24-14(11-32-21)10-17(28)26-4-6-27(7-5-26)18-16-3-9-31-20(16)23-12-22-18/h2-3,8-9,11-12H,4-7,10H2,1H3,(H,24,25,29). The van der Waals surface area contributed by atoms with Gasteiger partial charge in [0, 0.05) is 31.6 Å². The first kappa shape index (κ1) is 20.6. The zero-order valence-corrected chi connectivity index (χ0v) is 18.9. The van der Waals surface area contributed by atoms with Gasteiger partial charge in [-0.1, -0.05) is 0 Å². The van der Waals surface area contributed by atoms with Crippen LogP contribution in [0.5, 0.6) is 0 Å². The van der Waals surface area contributed by atoms with E-state index in [1.54, 1.807) is 36.0 Å². The Bertz CT molecular complexity index is 1270. The fourth-order valence-electron chi connectivity index (χ4n) is 3.69. The van der Waals surface area contributed by atoms with Gasteiger partial charge in [-0.15, -0.1) is 22.7 Å². The Hall–Kier alpha value is -3.31. The first-order valence-corrected chi connectivity index (χ1v) is 11.8. The maximum absolute atomic E-state index is 12.8. The first-order valence-electron chi connectivity index (χ1n) is 10.1. The number of aromatic nitrogens is 3. The van der Waals surface area contributed by atoms with E-state index in [0.717, 1.165) is 29.1 Å². The van der Waals surface area contributed by atoms with Crippen molar-refractivity contribution in [1.82, 2.24) is 19.9 Å². The minimum absolute atomic E-state index is 0.0295. The third kappa shape index (κ3) is 4.08. The molecule has 0 aliphatic carbocycles. The number of hydrogen-bond donors (Lipinski definition) is 1. The van der Waals surface area contributed by atoms with Gasteiger partial charge in [-0.2, -0.15) is 0 Å². The predicted molar refractivity (Wildman–Crippen MR) is 123 cm³/mol. The highest BCUT2D eigenvalue weighted by Crippen LogP contribution is 2.27. The number of thiazole rings is 1. The Kier molecular flexibility index (Phi) is 5.58. The van der Waals surface area contributed by atoms with Crippen molar-refractivity contribution in [2.45, 2.75) is 13.3 Å². The summed E-state index contributed by atoms with van der Waals surface area (Å²) in [6, 6.07) is 3.66. The second-order valence-electron chi connectivity index (χ2n) is 7.37. The van der Waals surface area contributed by atoms with Crippen LogP contribution >= 0.6 is 22.7 Å². The van der Waals surface area contributed by atoms with E-state index in [9.17, 15) is 9.59 Å². The number of fused-ring (bicyclic) bond motifs is 1. The van der Waals surface area contributed by atoms with Crippen LogP contribution in [0.25, 0.3) is 10.2 Å². The van der Waals surface area contributed by atoms with E-state index in [2.05, 4.69) is 25.2 Å². The van der Waals surface area contributed by atoms with E-state index in [1.165, 1.54) is 17.6 Å². The van der Waals surface area contributed by atoms with Crippen molar-refractivity contribution in [2.75, 3.05) is 36.4 Å². The second-order valence-corrected chi connectivity index (χ2v) is 9.12. The summed E-state index contributed by atoms with van der Waals surface area (Å²) in [6.45, 7) is 4.42. The van der Waals surface area contributed by atoms with Crippen LogP contribution in [0.4, 0.5) is 10.9 Å². The zero-order chi connectivity index (χ0) is 22.1. The highest BCUT2D eigenvalue weighted by atomic mass is 32.1. The van der Waals surface area contributed by atoms with Crippen molar-refractivity contribution in [1.29, 1.82) is 0 Å². The van der Waals surface area contributed by atoms with E-state index in [4.69, 9.17) is 4.42 Å². The number of carbonyl (C=O) groups is 2. The molecule has 0 atom stereocenters. The molecule has 0 bridgehead atoms. The van der Waals surface area contributed by atoms with E-state index < -0.39 is 0 Å². The SMILES string of the molecule is Cc1occc1C(=O)Nc1nc(CC(=O)N2CCN(c3ncnc4sccc34)CC2)cs1. The molecule has 1 aliphatic heterocycles. The predicted octanol–water partition coefficient (Wildman–Crippen LogP) is 3.19. The number of anilines is 2. The molecule has 0 radical (unpaired) electrons. The van der Waals surface area contributed by atoms with Crippen LogP contribution in [0.15, 0.2) is 39.9 Å². The van der Waals surface area contributed by atoms with Gasteiger partial charge in [0.1, 0.15) is 22.7 Å². The van der Waals surface area contributed by atoms with Gasteiger partial charge in [0.15, 0.2) is 5.13 Å². The molecule has 164 valence electrons. The number of rotatable bonds is 5. The molecule has 4 aromatic rings. The molecule has 1 fully saturated rings. The van der Waals surface area contributed by atoms with Crippen molar-refractivity contribution in [2.24, 2.45) is 0 Å². The molecule has 0 unspecified atom stereocenters. The lowest BCUT2D eigenvalue weighted by Gasteiger charge is -2.35. The van der Waals surface area contributed by atoms with E-state index in [0.29, 0.717) is 35.2 Å². The summed E-state index contributed by atoms with van der Waals surface area (Å²) >= 11 is 2.90. The third-order valence-corrected chi connectivity index (χ3v) is 7.01. The lowest BCUT2D eigenvalue weighted by molar-refractivity contribution is -0.130. The molecule has 0 aromatic carbocycles. The summed E-state index contributed by atoms with van der Waals surface area (Å²) in [5.41, 5.74) is 1.12. The number of amides is 2. The Morgan fingerprint density at radius 3 is 2.78 bits per heavy atom. The summed E-state index contributed by atoms with van der Waals surface area (Å²) in [5, 5.41) is 8.10. The molecule has 5 heterocycles. The minimum Gasteiger partial charge on any atom is -0.469 e. The Labute approximate surface area is 191 Å². The maximum Gasteiger partial charge on any atom is 0.260 e. The molecule has 4 aromatic heterocycles. The highest BCUT2D eigenvalue weighted by Gasteiger charge is 2.24. The van der Waals surface area contributed by atoms with Gasteiger partial charge in [0.25, 0.3) is 5.91 Å². The third-order valence-electron chi connectivity index (χ3n) is 5.38. The van der Waals surface area contributed by atoms with Crippen LogP contribution in [-0.2, 0) is 11.2 Å². The van der Waals surface area contributed by atoms with Gasteiger partial charge in [0.05, 0.1) is 29.3 Å². The minimum atomic E-state index is -0.274. The van der Waals surface area contributed by atoms with Crippen molar-refractivity contribution >= 4 is 55.7 Å². The largest absolute Gasteiger partial charge is 0.469 e. The molecule has 1 aliphatic rings. The van der Waals surface area contributed by atoms with Gasteiger partial charge in [0.2, 0.25) is 5.91 Å². The number of carbonyl (C=O) groups excluding carboxylic acids is 2. The van der Waals surface area contributed by atoms with Crippen molar-refractivity contribution in [3.8, 4) is 0 Å². The quantitative estimate of drug-likeness (QED) is 0.480. The van der Waals surface area contributed by atoms with Crippen molar-refractivity contribution in [3.05, 3.63) is 52.5 Å². The van der Waals surface area contributed by atoms with Gasteiger partial charge >= 0.3 is 0 Å². The molecule has 32 heavy (non-hydrogen) atoms. The average Bonchev–Trinajstić information content (AvgIpc) is 3.54. The lowest BCUT2D eigenvalue weighted by atomic mass is 10.2. The first-order chi connectivity index (χ1) is 15.6. The van der Waals surface area contributed by atoms with Crippen LogP contribution in [0.3, 0.4) is 0 Å². The monoisotopic (exact) mass is 468 g/mol. The molecule has 2 amide bonds. The molecular formula is C21H20N6O3S2. The number of thiophene rings is 1. The van der Waals surface area contributed by atoms with E-state index >= 15 is 0 Å². The van der Waals surface area contributed by atoms with Crippen LogP contribution in [0.1, 0.15) is 21.8 Å². The summed E-state index contributed by atoms with van der Waals surface area (Å²) < 4.78 is 5.16. The highest BCUT2D eigenvalue weighted by molar-refractivity contribution is 7.16. The molecule has 11 heteroatoms. The van der Waals surface area contributed by atoms with Gasteiger partial charge in [-0.3, -0.25) is 14.9 Å². The summed E-state index contributed by atoms with van der Waals surface area (Å²) in [4.78, 5) is 43.3. The second kappa shape index (κ2) is 8.67. The maximum atomic E-state index is 12.8. The molecule has 0 saturated carbocycles. The molecular weight excluding hydrogens is 448 g/mol. The Morgan fingerprint density at radius 1 is 1.16 bits per heavy atom. The fraction of sp³-hybridized carbons (Fsp3) is 0.286. The lowest BCUT2D eigenvalue weighted by Crippen LogP contribution is -2.49. The number of nitrogens with one attached hydrogen (secondary N) is 1. The Balaban J connectivity index is 1.17. The Morgan fingerprint density at radius 2 is 2.00 bits per heavy atom. The molecule has 1 saturated heterocycles. The number of piperazine rings is 1. The van der Waals surface area contributed by atoms with Gasteiger partial charge in [-0.25, -0.2) is 15.0 Å². The summed E-state index contributed by atoms with van der Waals surface area (Å²) in [6.07, 6.45) is 3.28. The average molecular weight is 469 g/mol. The summed E-state index contributed by atoms with van der Waals surface area (Å²) in [5.74, 6) is 1.23. The topological polar surface area (TPSA) is 104 Å². The van der Waals surface area contributed by atoms with Crippen LogP contribution in [-0.4, -0.2) is 57.8 Å². The van der Waals surface area contributed by atoms with Gasteiger partial charge in [-0.05, 0) is 24.4 Å². The number of aryl methyl sites for hydroxylation is 1. The molecule has 0 spiro atoms. The van der Waals surface area contributed by atoms with Crippen molar-refractivity contribution < 1.29 is 14.0 Å². The summed E-state index contributed by atoms with van der Waals surface area (Å²) in [7, 11) is 0. The van der Waals surface area contributed by atoms with Crippen LogP contribution in [0.2, 0.25) is 0 Å². The van der Waals surface area contributed by atoms with E-state index in [-0.39, 0.29) is 18.2 Å². The van der Waals surface area contributed by atoms with Crippen LogP contribution in [0, 0.1) is 6.92 Å². The zero-order valence-electron chi connectivity index (χ0n) is 17.3. The number of nitrogens with zero attached hydrogens (tertiary/aromatic N) is 5. The number of hydrogen-bond acceptors (Lipinski definition) is 9. The van der Waals surface area contributed by atoms with Gasteiger partial charge < -0.3 is 14.2 Å². The normalized spacial score (nSPS) is 14.2.